The van der Waals surface area contributed by atoms with E-state index in [-0.39, 0.29) is 12.3 Å². The number of pyridine rings is 1. The van der Waals surface area contributed by atoms with Gasteiger partial charge in [-0.15, -0.1) is 0 Å². The van der Waals surface area contributed by atoms with E-state index >= 15 is 0 Å². The molecule has 0 fully saturated rings. The molecule has 1 heterocycles. The number of hydrogen-bond donors (Lipinski definition) is 2. The number of nitrogens with one attached hydrogen (secondary N) is 1. The number of anilines is 1. The molecule has 0 saturated heterocycles. The number of carboxylic acids is 1. The molecule has 0 atom stereocenters. The average molecular weight is 587 g/mol. The van der Waals surface area contributed by atoms with Crippen LogP contribution in [0.1, 0.15) is 88.2 Å². The number of ether oxygens (including phenoxy) is 2. The van der Waals surface area contributed by atoms with Crippen molar-refractivity contribution in [2.24, 2.45) is 5.41 Å². The van der Waals surface area contributed by atoms with Crippen LogP contribution in [0.25, 0.3) is 12.2 Å². The second-order valence-corrected chi connectivity index (χ2v) is 10.9. The molecule has 0 aliphatic heterocycles. The number of aromatic nitrogens is 1. The fraction of sp³-hybridized carbons (Fsp3) is 0.417. The highest BCUT2D eigenvalue weighted by Gasteiger charge is 2.37. The van der Waals surface area contributed by atoms with Gasteiger partial charge >= 0.3 is 5.97 Å². The number of nitrogens with zero attached hydrogens (tertiary/aromatic N) is 1. The Labute approximate surface area is 256 Å². The predicted molar refractivity (Wildman–Crippen MR) is 173 cm³/mol. The van der Waals surface area contributed by atoms with Gasteiger partial charge in [0, 0.05) is 18.7 Å². The number of carbonyl (C=O) groups excluding carboxylic acids is 1. The first-order valence-electron chi connectivity index (χ1n) is 15.4. The standard InChI is InChI=1S/C36H46N2O5/c1-4-7-24-43-33-21-18-28(19-22-33)12-8-9-23-42-27-32-16-11-14-30(37-32)20-17-29-13-10-15-31(25-29)38-34(39)26-36(5-2,6-3)35(40)41/h10-11,13-22,25H,4-9,12,23-24,26-27H2,1-3H3,(H,38,39)(H,40,41). The van der Waals surface area contributed by atoms with E-state index in [1.165, 1.54) is 5.56 Å². The van der Waals surface area contributed by atoms with Crippen molar-refractivity contribution < 1.29 is 24.2 Å². The van der Waals surface area contributed by atoms with E-state index in [0.717, 1.165) is 61.4 Å². The van der Waals surface area contributed by atoms with Crippen LogP contribution in [0, 0.1) is 5.41 Å². The van der Waals surface area contributed by atoms with E-state index in [9.17, 15) is 14.7 Å². The monoisotopic (exact) mass is 586 g/mol. The minimum Gasteiger partial charge on any atom is -0.494 e. The molecule has 0 bridgehead atoms. The van der Waals surface area contributed by atoms with Gasteiger partial charge in [0.2, 0.25) is 5.91 Å². The third-order valence-corrected chi connectivity index (χ3v) is 7.70. The number of rotatable bonds is 19. The second-order valence-electron chi connectivity index (χ2n) is 10.9. The Kier molecular flexibility index (Phi) is 13.9. The normalized spacial score (nSPS) is 11.5. The zero-order valence-corrected chi connectivity index (χ0v) is 25.8. The van der Waals surface area contributed by atoms with Gasteiger partial charge in [0.15, 0.2) is 0 Å². The number of aryl methyl sites for hydroxylation is 1. The van der Waals surface area contributed by atoms with Gasteiger partial charge in [0.05, 0.1) is 30.0 Å². The van der Waals surface area contributed by atoms with Crippen LogP contribution in [0.3, 0.4) is 0 Å². The van der Waals surface area contributed by atoms with E-state index in [0.29, 0.717) is 31.7 Å². The van der Waals surface area contributed by atoms with Gasteiger partial charge in [-0.2, -0.15) is 0 Å². The molecule has 2 N–H and O–H groups in total. The van der Waals surface area contributed by atoms with Crippen molar-refractivity contribution >= 4 is 29.7 Å². The van der Waals surface area contributed by atoms with Crippen LogP contribution in [0.5, 0.6) is 5.75 Å². The van der Waals surface area contributed by atoms with Gasteiger partial charge in [0.25, 0.3) is 0 Å². The molecule has 3 aromatic rings. The summed E-state index contributed by atoms with van der Waals surface area (Å²) in [5.41, 5.74) is 3.48. The summed E-state index contributed by atoms with van der Waals surface area (Å²) in [6.07, 6.45) is 9.87. The van der Waals surface area contributed by atoms with Crippen LogP contribution < -0.4 is 10.1 Å². The number of carboxylic acid groups (broad SMARTS) is 1. The van der Waals surface area contributed by atoms with Gasteiger partial charge in [-0.3, -0.25) is 14.6 Å². The molecule has 0 spiro atoms. The Morgan fingerprint density at radius 2 is 1.67 bits per heavy atom. The maximum Gasteiger partial charge on any atom is 0.310 e. The highest BCUT2D eigenvalue weighted by atomic mass is 16.5. The lowest BCUT2D eigenvalue weighted by Crippen LogP contribution is -2.34. The minimum absolute atomic E-state index is 0.0585. The van der Waals surface area contributed by atoms with Crippen LogP contribution >= 0.6 is 0 Å². The lowest BCUT2D eigenvalue weighted by molar-refractivity contribution is -0.151. The molecular weight excluding hydrogens is 540 g/mol. The summed E-state index contributed by atoms with van der Waals surface area (Å²) >= 11 is 0. The van der Waals surface area contributed by atoms with Crippen molar-refractivity contribution in [3.63, 3.8) is 0 Å². The number of amides is 1. The smallest absolute Gasteiger partial charge is 0.310 e. The zero-order chi connectivity index (χ0) is 30.9. The Hall–Kier alpha value is -3.97. The lowest BCUT2D eigenvalue weighted by atomic mass is 9.79. The summed E-state index contributed by atoms with van der Waals surface area (Å²) in [5.74, 6) is -0.300. The van der Waals surface area contributed by atoms with E-state index in [1.54, 1.807) is 19.9 Å². The van der Waals surface area contributed by atoms with Gasteiger partial charge in [-0.25, -0.2) is 0 Å². The van der Waals surface area contributed by atoms with Crippen molar-refractivity contribution in [2.45, 2.75) is 78.7 Å². The summed E-state index contributed by atoms with van der Waals surface area (Å²) in [6.45, 7) is 7.68. The molecule has 0 radical (unpaired) electrons. The van der Waals surface area contributed by atoms with Crippen LogP contribution in [0.15, 0.2) is 66.7 Å². The summed E-state index contributed by atoms with van der Waals surface area (Å²) in [4.78, 5) is 29.1. The quantitative estimate of drug-likeness (QED) is 0.137. The van der Waals surface area contributed by atoms with Crippen molar-refractivity contribution in [3.05, 3.63) is 89.2 Å². The zero-order valence-electron chi connectivity index (χ0n) is 25.8. The summed E-state index contributed by atoms with van der Waals surface area (Å²) in [6, 6.07) is 21.7. The molecular formula is C36H46N2O5. The summed E-state index contributed by atoms with van der Waals surface area (Å²) < 4.78 is 11.6. The number of aliphatic carboxylic acids is 1. The van der Waals surface area contributed by atoms with Crippen molar-refractivity contribution in [1.29, 1.82) is 0 Å². The van der Waals surface area contributed by atoms with Crippen LogP contribution in [0.2, 0.25) is 0 Å². The summed E-state index contributed by atoms with van der Waals surface area (Å²) in [7, 11) is 0. The SMILES string of the molecule is CCCCOc1ccc(CCCCOCc2cccc(C=Cc3cccc(NC(=O)CC(CC)(CC)C(=O)O)c3)n2)cc1. The third-order valence-electron chi connectivity index (χ3n) is 7.70. The van der Waals surface area contributed by atoms with E-state index in [2.05, 4.69) is 41.5 Å². The van der Waals surface area contributed by atoms with Crippen molar-refractivity contribution in [1.82, 2.24) is 4.98 Å². The summed E-state index contributed by atoms with van der Waals surface area (Å²) in [5, 5.41) is 12.5. The molecule has 43 heavy (non-hydrogen) atoms. The fourth-order valence-corrected chi connectivity index (χ4v) is 4.76. The molecule has 1 aromatic heterocycles. The average Bonchev–Trinajstić information content (AvgIpc) is 3.01. The predicted octanol–water partition coefficient (Wildman–Crippen LogP) is 8.19. The van der Waals surface area contributed by atoms with Crippen LogP contribution in [0.4, 0.5) is 5.69 Å². The molecule has 2 aromatic carbocycles. The third kappa shape index (κ3) is 11.3. The van der Waals surface area contributed by atoms with E-state index in [4.69, 9.17) is 9.47 Å². The van der Waals surface area contributed by atoms with Gasteiger partial charge in [0.1, 0.15) is 5.75 Å². The first-order valence-corrected chi connectivity index (χ1v) is 15.4. The van der Waals surface area contributed by atoms with Crippen molar-refractivity contribution in [2.75, 3.05) is 18.5 Å². The largest absolute Gasteiger partial charge is 0.494 e. The number of unbranched alkanes of at least 4 members (excludes halogenated alkanes) is 2. The Bertz CT molecular complexity index is 1320. The molecule has 0 saturated carbocycles. The lowest BCUT2D eigenvalue weighted by Gasteiger charge is -2.25. The maximum atomic E-state index is 12.6. The second kappa shape index (κ2) is 17.9. The van der Waals surface area contributed by atoms with Gasteiger partial charge < -0.3 is 19.9 Å². The molecule has 1 amide bonds. The van der Waals surface area contributed by atoms with E-state index < -0.39 is 11.4 Å². The Morgan fingerprint density at radius 1 is 0.907 bits per heavy atom. The topological polar surface area (TPSA) is 97.8 Å². The molecule has 7 heteroatoms. The number of benzene rings is 2. The van der Waals surface area contributed by atoms with Gasteiger partial charge in [-0.1, -0.05) is 63.6 Å². The first-order chi connectivity index (χ1) is 20.9. The number of hydrogen-bond acceptors (Lipinski definition) is 5. The molecule has 230 valence electrons. The Morgan fingerprint density at radius 3 is 2.40 bits per heavy atom. The molecule has 0 aliphatic carbocycles. The Balaban J connectivity index is 1.42. The molecule has 0 unspecified atom stereocenters. The fourth-order valence-electron chi connectivity index (χ4n) is 4.76. The van der Waals surface area contributed by atoms with Crippen molar-refractivity contribution in [3.8, 4) is 5.75 Å². The van der Waals surface area contributed by atoms with E-state index in [1.807, 2.05) is 48.6 Å². The first kappa shape index (κ1) is 33.5. The van der Waals surface area contributed by atoms with Crippen LogP contribution in [-0.4, -0.2) is 35.2 Å². The number of carbonyl (C=O) groups is 2. The highest BCUT2D eigenvalue weighted by molar-refractivity contribution is 5.94. The molecule has 0 aliphatic rings. The molecule has 3 rings (SSSR count). The molecule has 7 nitrogen and oxygen atoms in total. The highest BCUT2D eigenvalue weighted by Crippen LogP contribution is 2.31. The minimum atomic E-state index is -1.04. The van der Waals surface area contributed by atoms with Gasteiger partial charge in [-0.05, 0) is 92.1 Å². The maximum absolute atomic E-state index is 12.6. The van der Waals surface area contributed by atoms with Crippen LogP contribution in [-0.2, 0) is 27.4 Å².